The Balaban J connectivity index is 2.31. The highest BCUT2D eigenvalue weighted by molar-refractivity contribution is 7.92. The van der Waals surface area contributed by atoms with Crippen molar-refractivity contribution >= 4 is 27.0 Å². The Bertz CT molecular complexity index is 583. The minimum absolute atomic E-state index is 0.135. The summed E-state index contributed by atoms with van der Waals surface area (Å²) < 4.78 is 25.2. The van der Waals surface area contributed by atoms with Crippen LogP contribution in [0.2, 0.25) is 0 Å². The van der Waals surface area contributed by atoms with Crippen molar-refractivity contribution in [3.8, 4) is 0 Å². The molecule has 1 aromatic heterocycles. The topological polar surface area (TPSA) is 74.8 Å². The van der Waals surface area contributed by atoms with Crippen LogP contribution in [-0.2, 0) is 10.0 Å². The first-order chi connectivity index (χ1) is 7.61. The lowest BCUT2D eigenvalue weighted by Crippen LogP contribution is -2.15. The summed E-state index contributed by atoms with van der Waals surface area (Å²) in [4.78, 5) is 6.97. The molecule has 0 unspecified atom stereocenters. The quantitative estimate of drug-likeness (QED) is 0.791. The van der Waals surface area contributed by atoms with Crippen LogP contribution in [0.5, 0.6) is 0 Å². The van der Waals surface area contributed by atoms with Gasteiger partial charge in [-0.25, -0.2) is 13.4 Å². The highest BCUT2D eigenvalue weighted by atomic mass is 32.2. The molecule has 0 amide bonds. The van der Waals surface area contributed by atoms with Gasteiger partial charge in [-0.05, 0) is 12.1 Å². The average Bonchev–Trinajstić information content (AvgIpc) is 2.58. The number of imidazole rings is 1. The van der Waals surface area contributed by atoms with Gasteiger partial charge in [-0.2, -0.15) is 0 Å². The SMILES string of the molecule is C=CCS(=O)(=O)Nc1nc2ccccc2[nH]1. The van der Waals surface area contributed by atoms with Crippen LogP contribution in [0.15, 0.2) is 36.9 Å². The molecule has 0 atom stereocenters. The Kier molecular flexibility index (Phi) is 2.66. The number of fused-ring (bicyclic) bond motifs is 1. The average molecular weight is 237 g/mol. The van der Waals surface area contributed by atoms with Crippen LogP contribution in [0.1, 0.15) is 0 Å². The van der Waals surface area contributed by atoms with E-state index >= 15 is 0 Å². The van der Waals surface area contributed by atoms with Crippen LogP contribution in [0, 0.1) is 0 Å². The van der Waals surface area contributed by atoms with Gasteiger partial charge in [0.25, 0.3) is 0 Å². The zero-order valence-electron chi connectivity index (χ0n) is 8.47. The van der Waals surface area contributed by atoms with Gasteiger partial charge < -0.3 is 4.98 Å². The zero-order valence-corrected chi connectivity index (χ0v) is 9.29. The second kappa shape index (κ2) is 3.97. The Labute approximate surface area is 93.3 Å². The van der Waals surface area contributed by atoms with E-state index in [0.717, 1.165) is 11.0 Å². The molecular formula is C10H11N3O2S. The summed E-state index contributed by atoms with van der Waals surface area (Å²) >= 11 is 0. The molecule has 0 saturated carbocycles. The van der Waals surface area contributed by atoms with E-state index in [1.807, 2.05) is 18.2 Å². The molecule has 1 heterocycles. The highest BCUT2D eigenvalue weighted by Crippen LogP contribution is 2.14. The molecule has 0 spiro atoms. The van der Waals surface area contributed by atoms with Crippen LogP contribution >= 0.6 is 0 Å². The number of nitrogens with one attached hydrogen (secondary N) is 2. The summed E-state index contributed by atoms with van der Waals surface area (Å²) in [5, 5.41) is 0. The number of aromatic amines is 1. The first-order valence-corrected chi connectivity index (χ1v) is 6.32. The summed E-state index contributed by atoms with van der Waals surface area (Å²) in [7, 11) is -3.39. The molecule has 0 saturated heterocycles. The Hall–Kier alpha value is -1.82. The number of benzene rings is 1. The number of hydrogen-bond acceptors (Lipinski definition) is 3. The number of para-hydroxylation sites is 2. The minimum atomic E-state index is -3.39. The minimum Gasteiger partial charge on any atom is -0.323 e. The fourth-order valence-corrected chi connectivity index (χ4v) is 2.13. The van der Waals surface area contributed by atoms with E-state index in [2.05, 4.69) is 21.3 Å². The van der Waals surface area contributed by atoms with Crippen LogP contribution in [-0.4, -0.2) is 24.1 Å². The van der Waals surface area contributed by atoms with E-state index in [-0.39, 0.29) is 11.7 Å². The summed E-state index contributed by atoms with van der Waals surface area (Å²) in [6.07, 6.45) is 1.32. The van der Waals surface area contributed by atoms with Gasteiger partial charge in [-0.1, -0.05) is 18.2 Å². The maximum atomic E-state index is 11.4. The predicted molar refractivity (Wildman–Crippen MR) is 63.7 cm³/mol. The van der Waals surface area contributed by atoms with Crippen molar-refractivity contribution in [1.82, 2.24) is 9.97 Å². The van der Waals surface area contributed by atoms with Crippen LogP contribution < -0.4 is 4.72 Å². The zero-order chi connectivity index (χ0) is 11.6. The molecule has 0 aliphatic carbocycles. The molecule has 0 bridgehead atoms. The lowest BCUT2D eigenvalue weighted by molar-refractivity contribution is 0.603. The van der Waals surface area contributed by atoms with Crippen LogP contribution in [0.25, 0.3) is 11.0 Å². The predicted octanol–water partition coefficient (Wildman–Crippen LogP) is 1.49. The monoisotopic (exact) mass is 237 g/mol. The second-order valence-electron chi connectivity index (χ2n) is 3.27. The molecular weight excluding hydrogens is 226 g/mol. The molecule has 2 rings (SSSR count). The first-order valence-electron chi connectivity index (χ1n) is 4.67. The fourth-order valence-electron chi connectivity index (χ4n) is 1.35. The van der Waals surface area contributed by atoms with Crippen molar-refractivity contribution in [2.45, 2.75) is 0 Å². The third-order valence-electron chi connectivity index (χ3n) is 1.98. The summed E-state index contributed by atoms with van der Waals surface area (Å²) in [5.41, 5.74) is 1.51. The number of sulfonamides is 1. The van der Waals surface area contributed by atoms with Gasteiger partial charge in [0, 0.05) is 0 Å². The van der Waals surface area contributed by atoms with E-state index in [1.165, 1.54) is 6.08 Å². The van der Waals surface area contributed by atoms with Gasteiger partial charge in [-0.3, -0.25) is 4.72 Å². The number of nitrogens with zero attached hydrogens (tertiary/aromatic N) is 1. The Morgan fingerprint density at radius 3 is 2.88 bits per heavy atom. The highest BCUT2D eigenvalue weighted by Gasteiger charge is 2.10. The lowest BCUT2D eigenvalue weighted by Gasteiger charge is -2.00. The van der Waals surface area contributed by atoms with Gasteiger partial charge in [0.2, 0.25) is 16.0 Å². The lowest BCUT2D eigenvalue weighted by atomic mass is 10.3. The van der Waals surface area contributed by atoms with E-state index in [9.17, 15) is 8.42 Å². The van der Waals surface area contributed by atoms with Crippen molar-refractivity contribution in [2.75, 3.05) is 10.5 Å². The number of anilines is 1. The molecule has 1 aromatic carbocycles. The van der Waals surface area contributed by atoms with Gasteiger partial charge >= 0.3 is 0 Å². The standard InChI is InChI=1S/C10H11N3O2S/c1-2-7-16(14,15)13-10-11-8-5-3-4-6-9(8)12-10/h2-6H,1,7H2,(H2,11,12,13). The van der Waals surface area contributed by atoms with Crippen molar-refractivity contribution in [3.05, 3.63) is 36.9 Å². The number of hydrogen-bond donors (Lipinski definition) is 2. The molecule has 0 fully saturated rings. The molecule has 2 N–H and O–H groups in total. The van der Waals surface area contributed by atoms with Crippen LogP contribution in [0.3, 0.4) is 0 Å². The maximum Gasteiger partial charge on any atom is 0.238 e. The molecule has 5 nitrogen and oxygen atoms in total. The molecule has 0 aliphatic heterocycles. The third kappa shape index (κ3) is 2.22. The smallest absolute Gasteiger partial charge is 0.238 e. The maximum absolute atomic E-state index is 11.4. The largest absolute Gasteiger partial charge is 0.323 e. The van der Waals surface area contributed by atoms with E-state index in [0.29, 0.717) is 0 Å². The molecule has 2 aromatic rings. The number of aromatic nitrogens is 2. The van der Waals surface area contributed by atoms with Crippen molar-refractivity contribution in [1.29, 1.82) is 0 Å². The van der Waals surface area contributed by atoms with Crippen molar-refractivity contribution in [2.24, 2.45) is 0 Å². The summed E-state index contributed by atoms with van der Waals surface area (Å²) in [5.74, 6) is 0.0902. The van der Waals surface area contributed by atoms with Gasteiger partial charge in [0.05, 0.1) is 16.8 Å². The van der Waals surface area contributed by atoms with Crippen molar-refractivity contribution in [3.63, 3.8) is 0 Å². The molecule has 0 radical (unpaired) electrons. The first kappa shape index (κ1) is 10.7. The summed E-state index contributed by atoms with van der Waals surface area (Å²) in [6, 6.07) is 7.32. The van der Waals surface area contributed by atoms with Crippen molar-refractivity contribution < 1.29 is 8.42 Å². The number of rotatable bonds is 4. The van der Waals surface area contributed by atoms with E-state index in [1.54, 1.807) is 6.07 Å². The van der Waals surface area contributed by atoms with Crippen LogP contribution in [0.4, 0.5) is 5.95 Å². The molecule has 16 heavy (non-hydrogen) atoms. The van der Waals surface area contributed by atoms with Gasteiger partial charge in [0.15, 0.2) is 0 Å². The fraction of sp³-hybridized carbons (Fsp3) is 0.100. The Morgan fingerprint density at radius 1 is 1.44 bits per heavy atom. The van der Waals surface area contributed by atoms with Gasteiger partial charge in [-0.15, -0.1) is 6.58 Å². The molecule has 84 valence electrons. The normalized spacial score (nSPS) is 11.5. The van der Waals surface area contributed by atoms with E-state index in [4.69, 9.17) is 0 Å². The number of H-pyrrole nitrogens is 1. The second-order valence-corrected chi connectivity index (χ2v) is 5.04. The Morgan fingerprint density at radius 2 is 2.19 bits per heavy atom. The molecule has 6 heteroatoms. The molecule has 0 aliphatic rings. The van der Waals surface area contributed by atoms with Gasteiger partial charge in [0.1, 0.15) is 0 Å². The van der Waals surface area contributed by atoms with E-state index < -0.39 is 10.0 Å². The summed E-state index contributed by atoms with van der Waals surface area (Å²) in [6.45, 7) is 3.38. The third-order valence-corrected chi connectivity index (χ3v) is 3.16.